The van der Waals surface area contributed by atoms with Crippen molar-refractivity contribution in [2.24, 2.45) is 11.8 Å². The maximum atomic E-state index is 13.1. The molecule has 3 N–H and O–H groups in total. The summed E-state index contributed by atoms with van der Waals surface area (Å²) in [6, 6.07) is 0. The quantitative estimate of drug-likeness (QED) is 0.0169. The smallest absolute Gasteiger partial charge is 0.462 e. The molecule has 5 atom stereocenters. The lowest BCUT2D eigenvalue weighted by molar-refractivity contribution is -0.161. The van der Waals surface area contributed by atoms with Gasteiger partial charge in [0.25, 0.3) is 0 Å². The minimum atomic E-state index is -4.97. The van der Waals surface area contributed by atoms with Crippen LogP contribution in [0.3, 0.4) is 0 Å². The fourth-order valence-electron chi connectivity index (χ4n) is 12.0. The summed E-state index contributed by atoms with van der Waals surface area (Å²) < 4.78 is 68.6. The summed E-state index contributed by atoms with van der Waals surface area (Å²) in [4.78, 5) is 72.9. The summed E-state index contributed by atoms with van der Waals surface area (Å²) in [6.45, 7) is 9.52. The molecule has 19 heteroatoms. The molecule has 100 heavy (non-hydrogen) atoms. The molecule has 0 amide bonds. The van der Waals surface area contributed by atoms with Crippen molar-refractivity contribution in [1.29, 1.82) is 0 Å². The highest BCUT2D eigenvalue weighted by Crippen LogP contribution is 2.45. The second-order valence-electron chi connectivity index (χ2n) is 29.4. The van der Waals surface area contributed by atoms with Crippen LogP contribution in [0.15, 0.2) is 24.3 Å². The maximum Gasteiger partial charge on any atom is 0.472 e. The van der Waals surface area contributed by atoms with Gasteiger partial charge in [-0.2, -0.15) is 0 Å². The third kappa shape index (κ3) is 73.8. The van der Waals surface area contributed by atoms with Crippen molar-refractivity contribution in [1.82, 2.24) is 0 Å². The minimum Gasteiger partial charge on any atom is -0.462 e. The van der Waals surface area contributed by atoms with E-state index in [-0.39, 0.29) is 25.7 Å². The number of rotatable bonds is 78. The van der Waals surface area contributed by atoms with Crippen LogP contribution < -0.4 is 0 Å². The lowest BCUT2D eigenvalue weighted by atomic mass is 10.0. The Bertz CT molecular complexity index is 2020. The van der Waals surface area contributed by atoms with E-state index in [9.17, 15) is 43.2 Å². The molecule has 0 aliphatic carbocycles. The van der Waals surface area contributed by atoms with Gasteiger partial charge >= 0.3 is 39.5 Å². The normalized spacial score (nSPS) is 14.1. The summed E-state index contributed by atoms with van der Waals surface area (Å²) in [5.41, 5.74) is 0. The molecule has 0 bridgehead atoms. The van der Waals surface area contributed by atoms with Crippen molar-refractivity contribution < 1.29 is 80.2 Å². The first-order valence-corrected chi connectivity index (χ1v) is 44.3. The standard InChI is InChI=1S/C81H154O17P2/c1-7-9-11-13-15-17-19-21-27-32-36-40-44-51-57-63-78(83)91-69-76(97-80(85)65-60-54-46-42-38-34-30-26-24-23-25-29-31-35-39-43-49-55-61-73(3)4)71-95-99(87,88)93-67-75(82)68-94-100(89,90)96-72-77(70-92-79(84)64-58-52-48-47-50-56-62-74(5)6)98-81(86)66-59-53-45-41-37-33-28-22-20-18-16-14-12-10-8-2/h17,19,21,27,73-77,82H,7-16,18,20,22-26,28-72H2,1-6H3,(H,87,88)(H,89,90)/b19-17-,27-21-/t75-,76-,77-/m1/s1. The highest BCUT2D eigenvalue weighted by Gasteiger charge is 2.30. The summed E-state index contributed by atoms with van der Waals surface area (Å²) in [6.07, 6.45) is 64.8. The zero-order valence-electron chi connectivity index (χ0n) is 65.0. The lowest BCUT2D eigenvalue weighted by Crippen LogP contribution is -2.30. The summed E-state index contributed by atoms with van der Waals surface area (Å²) in [5, 5.41) is 10.6. The Morgan fingerprint density at radius 1 is 0.310 bits per heavy atom. The fourth-order valence-corrected chi connectivity index (χ4v) is 13.6. The van der Waals surface area contributed by atoms with Crippen molar-refractivity contribution in [2.75, 3.05) is 39.6 Å². The number of carbonyl (C=O) groups is 4. The molecule has 0 heterocycles. The number of phosphoric acid groups is 2. The third-order valence-corrected chi connectivity index (χ3v) is 20.2. The first kappa shape index (κ1) is 97.5. The number of carbonyl (C=O) groups excluding carboxylic acids is 4. The second-order valence-corrected chi connectivity index (χ2v) is 32.3. The first-order valence-electron chi connectivity index (χ1n) is 41.3. The van der Waals surface area contributed by atoms with Gasteiger partial charge in [-0.3, -0.25) is 37.3 Å². The van der Waals surface area contributed by atoms with Gasteiger partial charge in [0.1, 0.15) is 19.3 Å². The van der Waals surface area contributed by atoms with Gasteiger partial charge in [0.15, 0.2) is 12.2 Å². The Hall–Kier alpha value is -2.46. The van der Waals surface area contributed by atoms with Crippen molar-refractivity contribution in [3.8, 4) is 0 Å². The molecule has 0 aromatic heterocycles. The van der Waals surface area contributed by atoms with E-state index in [0.29, 0.717) is 31.6 Å². The van der Waals surface area contributed by atoms with Gasteiger partial charge in [-0.15, -0.1) is 0 Å². The van der Waals surface area contributed by atoms with E-state index in [4.69, 9.17) is 37.0 Å². The Balaban J connectivity index is 5.24. The number of aliphatic hydroxyl groups excluding tert-OH is 1. The van der Waals surface area contributed by atoms with E-state index in [1.54, 1.807) is 0 Å². The molecular weight excluding hydrogens is 1310 g/mol. The molecule has 0 spiro atoms. The van der Waals surface area contributed by atoms with Crippen LogP contribution in [0, 0.1) is 11.8 Å². The first-order chi connectivity index (χ1) is 48.4. The molecule has 0 aromatic carbocycles. The highest BCUT2D eigenvalue weighted by atomic mass is 31.2. The van der Waals surface area contributed by atoms with E-state index >= 15 is 0 Å². The van der Waals surface area contributed by atoms with Gasteiger partial charge in [-0.1, -0.05) is 348 Å². The lowest BCUT2D eigenvalue weighted by Gasteiger charge is -2.21. The van der Waals surface area contributed by atoms with Crippen LogP contribution in [0.5, 0.6) is 0 Å². The number of ether oxygens (including phenoxy) is 4. The second kappa shape index (κ2) is 72.1. The van der Waals surface area contributed by atoms with E-state index < -0.39 is 97.5 Å². The third-order valence-electron chi connectivity index (χ3n) is 18.3. The fraction of sp³-hybridized carbons (Fsp3) is 0.901. The molecule has 0 aliphatic heterocycles. The summed E-state index contributed by atoms with van der Waals surface area (Å²) >= 11 is 0. The number of esters is 4. The van der Waals surface area contributed by atoms with Crippen LogP contribution in [-0.2, 0) is 65.4 Å². The van der Waals surface area contributed by atoms with Crippen LogP contribution in [0.1, 0.15) is 401 Å². The van der Waals surface area contributed by atoms with E-state index in [1.165, 1.54) is 193 Å². The van der Waals surface area contributed by atoms with Crippen LogP contribution in [0.25, 0.3) is 0 Å². The zero-order valence-corrected chi connectivity index (χ0v) is 66.8. The van der Waals surface area contributed by atoms with Crippen LogP contribution in [0.2, 0.25) is 0 Å². The average molecular weight is 1460 g/mol. The number of allylic oxidation sites excluding steroid dienone is 4. The number of unbranched alkanes of at least 4 members (excludes halogenated alkanes) is 45. The van der Waals surface area contributed by atoms with Gasteiger partial charge in [-0.25, -0.2) is 9.13 Å². The molecule has 0 rings (SSSR count). The maximum absolute atomic E-state index is 13.1. The molecule has 0 aliphatic rings. The SMILES string of the molecule is CCCCCC/C=C\C=C/CCCCCCCC(=O)OC[C@H](COP(=O)(O)OC[C@@H](O)COP(=O)(O)OC[C@@H](COC(=O)CCCCCCCCC(C)C)OC(=O)CCCCCCCCCCCCCCCCC)OC(=O)CCCCCCCCCCCCCCCCCCCCC(C)C. The number of hydrogen-bond donors (Lipinski definition) is 3. The summed E-state index contributed by atoms with van der Waals surface area (Å²) in [5.74, 6) is -0.645. The van der Waals surface area contributed by atoms with E-state index in [1.807, 2.05) is 0 Å². The van der Waals surface area contributed by atoms with Gasteiger partial charge < -0.3 is 33.8 Å². The Morgan fingerprint density at radius 2 is 0.540 bits per heavy atom. The Labute approximate surface area is 612 Å². The van der Waals surface area contributed by atoms with E-state index in [2.05, 4.69) is 65.8 Å². The molecule has 0 aromatic rings. The minimum absolute atomic E-state index is 0.101. The number of aliphatic hydroxyl groups is 1. The average Bonchev–Trinajstić information content (AvgIpc) is 1.10. The molecule has 590 valence electrons. The molecule has 17 nitrogen and oxygen atoms in total. The van der Waals surface area contributed by atoms with Gasteiger partial charge in [0, 0.05) is 25.7 Å². The van der Waals surface area contributed by atoms with Crippen molar-refractivity contribution >= 4 is 39.5 Å². The largest absolute Gasteiger partial charge is 0.472 e. The predicted octanol–water partition coefficient (Wildman–Crippen LogP) is 23.8. The van der Waals surface area contributed by atoms with Gasteiger partial charge in [-0.05, 0) is 63.2 Å². The van der Waals surface area contributed by atoms with Crippen LogP contribution in [0.4, 0.5) is 0 Å². The van der Waals surface area contributed by atoms with Crippen molar-refractivity contribution in [3.05, 3.63) is 24.3 Å². The van der Waals surface area contributed by atoms with Crippen LogP contribution >= 0.6 is 15.6 Å². The molecule has 0 saturated carbocycles. The number of phosphoric ester groups is 2. The Morgan fingerprint density at radius 3 is 0.820 bits per heavy atom. The van der Waals surface area contributed by atoms with Gasteiger partial charge in [0.05, 0.1) is 26.4 Å². The zero-order chi connectivity index (χ0) is 73.5. The van der Waals surface area contributed by atoms with Crippen LogP contribution in [-0.4, -0.2) is 96.7 Å². The molecule has 2 unspecified atom stereocenters. The highest BCUT2D eigenvalue weighted by molar-refractivity contribution is 7.47. The van der Waals surface area contributed by atoms with Crippen molar-refractivity contribution in [2.45, 2.75) is 419 Å². The molecule has 0 fully saturated rings. The monoisotopic (exact) mass is 1460 g/mol. The summed E-state index contributed by atoms with van der Waals surface area (Å²) in [7, 11) is -9.93. The topological polar surface area (TPSA) is 237 Å². The van der Waals surface area contributed by atoms with E-state index in [0.717, 1.165) is 121 Å². The molecule has 0 saturated heterocycles. The number of hydrogen-bond acceptors (Lipinski definition) is 15. The predicted molar refractivity (Wildman–Crippen MR) is 409 cm³/mol. The Kier molecular flexibility index (Phi) is 70.3. The van der Waals surface area contributed by atoms with Crippen molar-refractivity contribution in [3.63, 3.8) is 0 Å². The molecule has 0 radical (unpaired) electrons. The van der Waals surface area contributed by atoms with Gasteiger partial charge in [0.2, 0.25) is 0 Å². The molecular formula is C81H154O17P2.